The summed E-state index contributed by atoms with van der Waals surface area (Å²) in [7, 11) is 0. The fourth-order valence-corrected chi connectivity index (χ4v) is 3.34. The Bertz CT molecular complexity index is 462. The molecule has 0 fully saturated rings. The van der Waals surface area contributed by atoms with E-state index in [0.717, 1.165) is 19.4 Å². The van der Waals surface area contributed by atoms with Gasteiger partial charge in [0.15, 0.2) is 0 Å². The minimum absolute atomic E-state index is 0.461. The highest BCUT2D eigenvalue weighted by atomic mass is 32.2. The third-order valence-electron chi connectivity index (χ3n) is 3.23. The van der Waals surface area contributed by atoms with E-state index in [1.54, 1.807) is 11.8 Å². The van der Waals surface area contributed by atoms with Crippen molar-refractivity contribution in [2.45, 2.75) is 30.7 Å². The van der Waals surface area contributed by atoms with E-state index in [4.69, 9.17) is 0 Å². The number of hydrogen-bond donors (Lipinski definition) is 1. The number of aryl methyl sites for hydroxylation is 1. The Morgan fingerprint density at radius 1 is 1.21 bits per heavy atom. The molecule has 0 spiro atoms. The number of thiophene rings is 1. The van der Waals surface area contributed by atoms with Gasteiger partial charge in [0.2, 0.25) is 0 Å². The highest BCUT2D eigenvalue weighted by Crippen LogP contribution is 2.23. The first-order chi connectivity index (χ1) is 9.33. The van der Waals surface area contributed by atoms with E-state index in [1.165, 1.54) is 15.3 Å². The van der Waals surface area contributed by atoms with Gasteiger partial charge in [-0.05, 0) is 54.8 Å². The number of rotatable bonds is 7. The van der Waals surface area contributed by atoms with Crippen LogP contribution in [0.3, 0.4) is 0 Å². The Morgan fingerprint density at radius 3 is 2.58 bits per heavy atom. The molecule has 0 bridgehead atoms. The predicted molar refractivity (Wildman–Crippen MR) is 87.3 cm³/mol. The van der Waals surface area contributed by atoms with Crippen molar-refractivity contribution in [3.63, 3.8) is 0 Å². The molecule has 19 heavy (non-hydrogen) atoms. The van der Waals surface area contributed by atoms with Gasteiger partial charge >= 0.3 is 0 Å². The number of thioether (sulfide) groups is 1. The third kappa shape index (κ3) is 4.37. The molecule has 2 rings (SSSR count). The summed E-state index contributed by atoms with van der Waals surface area (Å²) in [5, 5.41) is 5.75. The normalized spacial score (nSPS) is 12.5. The molecule has 0 aliphatic carbocycles. The Morgan fingerprint density at radius 2 is 2.00 bits per heavy atom. The lowest BCUT2D eigenvalue weighted by atomic mass is 10.0. The van der Waals surface area contributed by atoms with Crippen LogP contribution >= 0.6 is 23.1 Å². The summed E-state index contributed by atoms with van der Waals surface area (Å²) in [6.45, 7) is 3.19. The van der Waals surface area contributed by atoms with Gasteiger partial charge in [-0.15, -0.1) is 23.1 Å². The van der Waals surface area contributed by atoms with E-state index in [2.05, 4.69) is 60.3 Å². The quantitative estimate of drug-likeness (QED) is 0.739. The largest absolute Gasteiger partial charge is 0.310 e. The highest BCUT2D eigenvalue weighted by molar-refractivity contribution is 7.98. The lowest BCUT2D eigenvalue weighted by molar-refractivity contribution is 0.517. The van der Waals surface area contributed by atoms with E-state index < -0.39 is 0 Å². The molecule has 0 amide bonds. The minimum Gasteiger partial charge on any atom is -0.310 e. The average molecular weight is 291 g/mol. The zero-order valence-corrected chi connectivity index (χ0v) is 13.2. The van der Waals surface area contributed by atoms with Crippen LogP contribution in [0.2, 0.25) is 0 Å². The Labute approximate surface area is 124 Å². The first kappa shape index (κ1) is 14.6. The zero-order chi connectivity index (χ0) is 13.5. The van der Waals surface area contributed by atoms with Gasteiger partial charge in [-0.25, -0.2) is 0 Å². The maximum Gasteiger partial charge on any atom is 0.0323 e. The van der Waals surface area contributed by atoms with Crippen molar-refractivity contribution in [3.05, 3.63) is 52.2 Å². The van der Waals surface area contributed by atoms with Crippen LogP contribution in [0.4, 0.5) is 0 Å². The molecule has 102 valence electrons. The van der Waals surface area contributed by atoms with Crippen LogP contribution in [-0.2, 0) is 6.42 Å². The Hall–Kier alpha value is -0.770. The molecule has 0 aliphatic rings. The van der Waals surface area contributed by atoms with Gasteiger partial charge in [0, 0.05) is 15.8 Å². The van der Waals surface area contributed by atoms with Gasteiger partial charge in [0.05, 0.1) is 0 Å². The summed E-state index contributed by atoms with van der Waals surface area (Å²) in [4.78, 5) is 2.81. The van der Waals surface area contributed by atoms with Crippen LogP contribution in [-0.4, -0.2) is 12.8 Å². The number of hydrogen-bond acceptors (Lipinski definition) is 3. The van der Waals surface area contributed by atoms with Crippen LogP contribution in [0.5, 0.6) is 0 Å². The van der Waals surface area contributed by atoms with Crippen molar-refractivity contribution in [1.82, 2.24) is 5.32 Å². The number of benzene rings is 1. The van der Waals surface area contributed by atoms with E-state index in [-0.39, 0.29) is 0 Å². The van der Waals surface area contributed by atoms with Crippen LogP contribution in [0.1, 0.15) is 29.8 Å². The van der Waals surface area contributed by atoms with Crippen LogP contribution in [0.15, 0.2) is 46.7 Å². The topological polar surface area (TPSA) is 12.0 Å². The first-order valence-electron chi connectivity index (χ1n) is 6.73. The first-order valence-corrected chi connectivity index (χ1v) is 8.83. The Kier molecular flexibility index (Phi) is 5.95. The molecule has 1 N–H and O–H groups in total. The molecule has 1 atom stereocenters. The van der Waals surface area contributed by atoms with E-state index in [0.29, 0.717) is 6.04 Å². The molecular weight excluding hydrogens is 270 g/mol. The summed E-state index contributed by atoms with van der Waals surface area (Å²) in [6.07, 6.45) is 4.43. The van der Waals surface area contributed by atoms with Gasteiger partial charge in [0.1, 0.15) is 0 Å². The lowest BCUT2D eigenvalue weighted by Crippen LogP contribution is -2.21. The summed E-state index contributed by atoms with van der Waals surface area (Å²) >= 11 is 3.65. The second kappa shape index (κ2) is 7.73. The van der Waals surface area contributed by atoms with Gasteiger partial charge in [-0.1, -0.05) is 25.1 Å². The fourth-order valence-electron chi connectivity index (χ4n) is 2.21. The molecule has 2 aromatic rings. The van der Waals surface area contributed by atoms with Crippen molar-refractivity contribution in [2.75, 3.05) is 12.8 Å². The number of nitrogens with one attached hydrogen (secondary N) is 1. The maximum atomic E-state index is 3.60. The average Bonchev–Trinajstić information content (AvgIpc) is 2.97. The van der Waals surface area contributed by atoms with Gasteiger partial charge < -0.3 is 5.32 Å². The van der Waals surface area contributed by atoms with Gasteiger partial charge in [0.25, 0.3) is 0 Å². The maximum absolute atomic E-state index is 3.60. The molecule has 1 heterocycles. The molecule has 1 aromatic carbocycles. The molecule has 0 saturated carbocycles. The molecule has 3 heteroatoms. The summed E-state index contributed by atoms with van der Waals surface area (Å²) in [5.74, 6) is 0. The molecule has 1 unspecified atom stereocenters. The summed E-state index contributed by atoms with van der Waals surface area (Å²) in [5.41, 5.74) is 1.40. The minimum atomic E-state index is 0.461. The third-order valence-corrected chi connectivity index (χ3v) is 4.91. The van der Waals surface area contributed by atoms with Gasteiger partial charge in [-0.3, -0.25) is 0 Å². The smallest absolute Gasteiger partial charge is 0.0323 e. The van der Waals surface area contributed by atoms with E-state index in [1.807, 2.05) is 11.3 Å². The standard InChI is InChI=1S/C16H21NS2/c1-3-17-16(11-10-15-5-4-12-19-15)13-6-8-14(18-2)9-7-13/h4-9,12,16-17H,3,10-11H2,1-2H3. The van der Waals surface area contributed by atoms with Crippen molar-refractivity contribution in [3.8, 4) is 0 Å². The molecule has 1 aromatic heterocycles. The fraction of sp³-hybridized carbons (Fsp3) is 0.375. The molecule has 1 nitrogen and oxygen atoms in total. The predicted octanol–water partition coefficient (Wildman–Crippen LogP) is 4.75. The monoisotopic (exact) mass is 291 g/mol. The molecule has 0 saturated heterocycles. The second-order valence-corrected chi connectivity index (χ2v) is 6.41. The second-order valence-electron chi connectivity index (χ2n) is 4.50. The van der Waals surface area contributed by atoms with Crippen LogP contribution in [0, 0.1) is 0 Å². The molecule has 0 radical (unpaired) electrons. The lowest BCUT2D eigenvalue weighted by Gasteiger charge is -2.18. The van der Waals surface area contributed by atoms with Crippen LogP contribution < -0.4 is 5.32 Å². The van der Waals surface area contributed by atoms with Crippen LogP contribution in [0.25, 0.3) is 0 Å². The highest BCUT2D eigenvalue weighted by Gasteiger charge is 2.10. The van der Waals surface area contributed by atoms with Crippen molar-refractivity contribution in [1.29, 1.82) is 0 Å². The van der Waals surface area contributed by atoms with Crippen molar-refractivity contribution >= 4 is 23.1 Å². The van der Waals surface area contributed by atoms with E-state index in [9.17, 15) is 0 Å². The summed E-state index contributed by atoms with van der Waals surface area (Å²) < 4.78 is 0. The van der Waals surface area contributed by atoms with Crippen molar-refractivity contribution in [2.24, 2.45) is 0 Å². The Balaban J connectivity index is 2.01. The zero-order valence-electron chi connectivity index (χ0n) is 11.6. The SMILES string of the molecule is CCNC(CCc1cccs1)c1ccc(SC)cc1. The summed E-state index contributed by atoms with van der Waals surface area (Å²) in [6, 6.07) is 13.8. The van der Waals surface area contributed by atoms with Crippen molar-refractivity contribution < 1.29 is 0 Å². The van der Waals surface area contributed by atoms with E-state index >= 15 is 0 Å². The molecular formula is C16H21NS2. The van der Waals surface area contributed by atoms with Gasteiger partial charge in [-0.2, -0.15) is 0 Å². The molecule has 0 aliphatic heterocycles.